The molecule has 0 radical (unpaired) electrons. The molecule has 0 heterocycles. The molecular formula is C19H20N2O2. The van der Waals surface area contributed by atoms with Crippen LogP contribution in [0.4, 0.5) is 0 Å². The number of nitrogens with zero attached hydrogens (tertiary/aromatic N) is 1. The molecule has 1 N–H and O–H groups in total. The summed E-state index contributed by atoms with van der Waals surface area (Å²) in [6.45, 7) is 1.88. The van der Waals surface area contributed by atoms with Gasteiger partial charge < -0.3 is 4.74 Å². The Kier molecular flexibility index (Phi) is 4.42. The van der Waals surface area contributed by atoms with Crippen molar-refractivity contribution in [3.63, 3.8) is 0 Å². The highest BCUT2D eigenvalue weighted by atomic mass is 16.5. The number of hydrogen-bond acceptors (Lipinski definition) is 3. The number of hydrogen-bond donors (Lipinski definition) is 1. The van der Waals surface area contributed by atoms with Crippen LogP contribution in [0.25, 0.3) is 0 Å². The zero-order valence-corrected chi connectivity index (χ0v) is 13.3. The van der Waals surface area contributed by atoms with Gasteiger partial charge in [0.15, 0.2) is 0 Å². The summed E-state index contributed by atoms with van der Waals surface area (Å²) < 4.78 is 5.13. The summed E-state index contributed by atoms with van der Waals surface area (Å²) in [7, 11) is 1.63. The third-order valence-electron chi connectivity index (χ3n) is 4.20. The molecule has 1 aliphatic rings. The Balaban J connectivity index is 1.58. The van der Waals surface area contributed by atoms with E-state index in [2.05, 4.69) is 22.7 Å². The largest absolute Gasteiger partial charge is 0.497 e. The van der Waals surface area contributed by atoms with E-state index < -0.39 is 0 Å². The Morgan fingerprint density at radius 1 is 1.13 bits per heavy atom. The second kappa shape index (κ2) is 6.65. The van der Waals surface area contributed by atoms with E-state index in [9.17, 15) is 4.79 Å². The third-order valence-corrected chi connectivity index (χ3v) is 4.20. The maximum Gasteiger partial charge on any atom is 0.243 e. The number of ether oxygens (including phenoxy) is 1. The monoisotopic (exact) mass is 308 g/mol. The van der Waals surface area contributed by atoms with Crippen LogP contribution in [0, 0.1) is 5.92 Å². The molecule has 23 heavy (non-hydrogen) atoms. The number of methoxy groups -OCH3 is 1. The predicted molar refractivity (Wildman–Crippen MR) is 90.6 cm³/mol. The number of hydrazone groups is 1. The fourth-order valence-corrected chi connectivity index (χ4v) is 2.67. The van der Waals surface area contributed by atoms with Crippen molar-refractivity contribution in [2.75, 3.05) is 7.11 Å². The van der Waals surface area contributed by atoms with Crippen LogP contribution in [0.3, 0.4) is 0 Å². The normalized spacial score (nSPS) is 20.0. The van der Waals surface area contributed by atoms with E-state index in [1.165, 1.54) is 5.56 Å². The van der Waals surface area contributed by atoms with Gasteiger partial charge in [0, 0.05) is 5.92 Å². The third kappa shape index (κ3) is 3.59. The van der Waals surface area contributed by atoms with Crippen molar-refractivity contribution in [1.82, 2.24) is 5.43 Å². The lowest BCUT2D eigenvalue weighted by Crippen LogP contribution is -2.21. The average Bonchev–Trinajstić information content (AvgIpc) is 3.41. The van der Waals surface area contributed by atoms with E-state index in [0.29, 0.717) is 5.92 Å². The van der Waals surface area contributed by atoms with Crippen LogP contribution in [0.15, 0.2) is 59.7 Å². The number of carbonyl (C=O) groups is 1. The van der Waals surface area contributed by atoms with Gasteiger partial charge in [-0.15, -0.1) is 0 Å². The van der Waals surface area contributed by atoms with Crippen LogP contribution in [0.5, 0.6) is 5.75 Å². The molecule has 118 valence electrons. The fourth-order valence-electron chi connectivity index (χ4n) is 2.67. The average molecular weight is 308 g/mol. The van der Waals surface area contributed by atoms with Gasteiger partial charge in [-0.05, 0) is 54.7 Å². The van der Waals surface area contributed by atoms with E-state index in [0.717, 1.165) is 23.4 Å². The highest BCUT2D eigenvalue weighted by Crippen LogP contribution is 2.47. The van der Waals surface area contributed by atoms with Gasteiger partial charge >= 0.3 is 0 Å². The molecule has 1 fully saturated rings. The number of rotatable bonds is 5. The van der Waals surface area contributed by atoms with Crippen molar-refractivity contribution >= 4 is 11.6 Å². The predicted octanol–water partition coefficient (Wildman–Crippen LogP) is 3.34. The Morgan fingerprint density at radius 2 is 1.83 bits per heavy atom. The van der Waals surface area contributed by atoms with Gasteiger partial charge in [-0.2, -0.15) is 5.10 Å². The standard InChI is InChI=1S/C19H20N2O2/c1-13(14-8-10-16(23-2)11-9-14)20-21-19(22)18-12-17(18)15-6-4-3-5-7-15/h3-11,17-18H,12H2,1-2H3,(H,21,22)/t17-,18+/m1/s1. The first-order valence-electron chi connectivity index (χ1n) is 7.72. The molecule has 3 rings (SSSR count). The fraction of sp³-hybridized carbons (Fsp3) is 0.263. The lowest BCUT2D eigenvalue weighted by Gasteiger charge is -2.04. The van der Waals surface area contributed by atoms with Gasteiger partial charge in [-0.3, -0.25) is 4.79 Å². The summed E-state index contributed by atoms with van der Waals surface area (Å²) in [5.41, 5.74) is 5.65. The minimum atomic E-state index is -0.00767. The topological polar surface area (TPSA) is 50.7 Å². The molecule has 1 aliphatic carbocycles. The molecule has 2 atom stereocenters. The molecular weight excluding hydrogens is 288 g/mol. The van der Waals surface area contributed by atoms with Crippen molar-refractivity contribution in [2.45, 2.75) is 19.3 Å². The molecule has 1 amide bonds. The van der Waals surface area contributed by atoms with Crippen molar-refractivity contribution in [1.29, 1.82) is 0 Å². The van der Waals surface area contributed by atoms with E-state index in [4.69, 9.17) is 4.74 Å². The number of carbonyl (C=O) groups excluding carboxylic acids is 1. The van der Waals surface area contributed by atoms with Crippen LogP contribution in [-0.4, -0.2) is 18.7 Å². The summed E-state index contributed by atoms with van der Waals surface area (Å²) in [4.78, 5) is 12.2. The summed E-state index contributed by atoms with van der Waals surface area (Å²) in [5, 5.41) is 4.22. The second-order valence-electron chi connectivity index (χ2n) is 5.76. The first-order valence-corrected chi connectivity index (χ1v) is 7.72. The molecule has 0 unspecified atom stereocenters. The molecule has 4 nitrogen and oxygen atoms in total. The van der Waals surface area contributed by atoms with Gasteiger partial charge in [0.25, 0.3) is 0 Å². The lowest BCUT2D eigenvalue weighted by atomic mass is 10.1. The van der Waals surface area contributed by atoms with E-state index in [1.807, 2.05) is 49.4 Å². The molecule has 0 spiro atoms. The Hall–Kier alpha value is -2.62. The van der Waals surface area contributed by atoms with Crippen LogP contribution in [0.1, 0.15) is 30.4 Å². The highest BCUT2D eigenvalue weighted by Gasteiger charge is 2.43. The molecule has 2 aromatic carbocycles. The summed E-state index contributed by atoms with van der Waals surface area (Å²) in [6, 6.07) is 17.8. The molecule has 0 bridgehead atoms. The van der Waals surface area contributed by atoms with Gasteiger partial charge in [-0.25, -0.2) is 5.43 Å². The van der Waals surface area contributed by atoms with Gasteiger partial charge in [0.2, 0.25) is 5.91 Å². The zero-order chi connectivity index (χ0) is 16.2. The maximum atomic E-state index is 12.2. The quantitative estimate of drug-likeness (QED) is 0.680. The number of nitrogens with one attached hydrogen (secondary N) is 1. The van der Waals surface area contributed by atoms with Crippen LogP contribution < -0.4 is 10.2 Å². The number of benzene rings is 2. The highest BCUT2D eigenvalue weighted by molar-refractivity contribution is 5.99. The Morgan fingerprint density at radius 3 is 2.48 bits per heavy atom. The smallest absolute Gasteiger partial charge is 0.243 e. The van der Waals surface area contributed by atoms with Crippen LogP contribution in [-0.2, 0) is 4.79 Å². The van der Waals surface area contributed by atoms with Crippen molar-refractivity contribution in [2.24, 2.45) is 11.0 Å². The van der Waals surface area contributed by atoms with E-state index in [-0.39, 0.29) is 11.8 Å². The van der Waals surface area contributed by atoms with Crippen molar-refractivity contribution in [3.8, 4) is 5.75 Å². The van der Waals surface area contributed by atoms with Crippen LogP contribution >= 0.6 is 0 Å². The Bertz CT molecular complexity index is 708. The molecule has 2 aromatic rings. The lowest BCUT2D eigenvalue weighted by molar-refractivity contribution is -0.122. The first kappa shape index (κ1) is 15.3. The van der Waals surface area contributed by atoms with E-state index >= 15 is 0 Å². The molecule has 1 saturated carbocycles. The van der Waals surface area contributed by atoms with Gasteiger partial charge in [0.1, 0.15) is 5.75 Å². The molecule has 0 saturated heterocycles. The van der Waals surface area contributed by atoms with Crippen molar-refractivity contribution in [3.05, 3.63) is 65.7 Å². The zero-order valence-electron chi connectivity index (χ0n) is 13.3. The minimum absolute atomic E-state index is 0.00767. The molecule has 0 aromatic heterocycles. The van der Waals surface area contributed by atoms with Gasteiger partial charge in [-0.1, -0.05) is 30.3 Å². The second-order valence-corrected chi connectivity index (χ2v) is 5.76. The van der Waals surface area contributed by atoms with Crippen LogP contribution in [0.2, 0.25) is 0 Å². The van der Waals surface area contributed by atoms with E-state index in [1.54, 1.807) is 7.11 Å². The maximum absolute atomic E-state index is 12.2. The summed E-state index contributed by atoms with van der Waals surface area (Å²) >= 11 is 0. The molecule has 0 aliphatic heterocycles. The number of amides is 1. The summed E-state index contributed by atoms with van der Waals surface area (Å²) in [5.74, 6) is 1.15. The Labute approximate surface area is 136 Å². The minimum Gasteiger partial charge on any atom is -0.497 e. The van der Waals surface area contributed by atoms with Gasteiger partial charge in [0.05, 0.1) is 12.8 Å². The SMILES string of the molecule is COc1ccc(C(C)=NNC(=O)[C@H]2C[C@@H]2c2ccccc2)cc1. The molecule has 4 heteroatoms. The van der Waals surface area contributed by atoms with Crippen molar-refractivity contribution < 1.29 is 9.53 Å². The first-order chi connectivity index (χ1) is 11.2. The summed E-state index contributed by atoms with van der Waals surface area (Å²) in [6.07, 6.45) is 0.896.